The van der Waals surface area contributed by atoms with E-state index in [1.165, 1.54) is 0 Å². The molecule has 18 heavy (non-hydrogen) atoms. The number of hydrogen-bond acceptors (Lipinski definition) is 4. The standard InChI is InChI=1S/C12H18N2O4/c1-12(2,3)18-11(17)14-9(10(15)16)6-8-4-5-13-7-8/h5,7,9H,4,6H2,1-3H3,(H,14,17)(H,15,16)/t9-/m0/s1. The van der Waals surface area contributed by atoms with Gasteiger partial charge in [0.05, 0.1) is 0 Å². The van der Waals surface area contributed by atoms with Crippen molar-refractivity contribution in [2.45, 2.75) is 45.3 Å². The number of carboxylic acids is 1. The number of nitrogens with zero attached hydrogens (tertiary/aromatic N) is 1. The van der Waals surface area contributed by atoms with Gasteiger partial charge in [-0.15, -0.1) is 0 Å². The fourth-order valence-corrected chi connectivity index (χ4v) is 1.43. The van der Waals surface area contributed by atoms with E-state index in [4.69, 9.17) is 9.84 Å². The third-order valence-electron chi connectivity index (χ3n) is 2.17. The first-order valence-corrected chi connectivity index (χ1v) is 5.70. The van der Waals surface area contributed by atoms with Crippen LogP contribution in [0.5, 0.6) is 0 Å². The number of carboxylic acid groups (broad SMARTS) is 1. The second-order valence-electron chi connectivity index (χ2n) is 5.06. The van der Waals surface area contributed by atoms with Crippen LogP contribution in [0, 0.1) is 0 Å². The van der Waals surface area contributed by atoms with Crippen LogP contribution in [0.3, 0.4) is 0 Å². The largest absolute Gasteiger partial charge is 0.480 e. The van der Waals surface area contributed by atoms with Crippen LogP contribution in [0.2, 0.25) is 0 Å². The minimum atomic E-state index is -1.09. The Morgan fingerprint density at radius 2 is 2.22 bits per heavy atom. The van der Waals surface area contributed by atoms with Gasteiger partial charge in [0.25, 0.3) is 0 Å². The fourth-order valence-electron chi connectivity index (χ4n) is 1.43. The zero-order chi connectivity index (χ0) is 13.8. The lowest BCUT2D eigenvalue weighted by Crippen LogP contribution is -2.43. The smallest absolute Gasteiger partial charge is 0.408 e. The molecular formula is C12H18N2O4. The molecule has 0 saturated carbocycles. The van der Waals surface area contributed by atoms with Crippen LogP contribution in [-0.2, 0) is 9.53 Å². The first-order valence-electron chi connectivity index (χ1n) is 5.70. The van der Waals surface area contributed by atoms with E-state index in [1.807, 2.05) is 0 Å². The number of hydrogen-bond donors (Lipinski definition) is 2. The van der Waals surface area contributed by atoms with Gasteiger partial charge in [0.15, 0.2) is 0 Å². The van der Waals surface area contributed by atoms with Gasteiger partial charge >= 0.3 is 12.1 Å². The molecule has 0 aliphatic carbocycles. The first kappa shape index (κ1) is 14.2. The van der Waals surface area contributed by atoms with E-state index in [1.54, 1.807) is 33.2 Å². The molecule has 0 aromatic heterocycles. The first-order chi connectivity index (χ1) is 8.28. The summed E-state index contributed by atoms with van der Waals surface area (Å²) < 4.78 is 5.02. The van der Waals surface area contributed by atoms with Gasteiger partial charge in [-0.3, -0.25) is 4.99 Å². The highest BCUT2D eigenvalue weighted by atomic mass is 16.6. The lowest BCUT2D eigenvalue weighted by molar-refractivity contribution is -0.139. The molecule has 1 atom stereocenters. The predicted molar refractivity (Wildman–Crippen MR) is 66.6 cm³/mol. The van der Waals surface area contributed by atoms with Crippen molar-refractivity contribution < 1.29 is 19.4 Å². The van der Waals surface area contributed by atoms with Gasteiger partial charge in [0, 0.05) is 25.3 Å². The summed E-state index contributed by atoms with van der Waals surface area (Å²) in [7, 11) is 0. The third-order valence-corrected chi connectivity index (χ3v) is 2.17. The monoisotopic (exact) mass is 254 g/mol. The maximum absolute atomic E-state index is 11.5. The molecular weight excluding hydrogens is 236 g/mol. The molecule has 1 heterocycles. The van der Waals surface area contributed by atoms with E-state index in [9.17, 15) is 9.59 Å². The topological polar surface area (TPSA) is 88.0 Å². The van der Waals surface area contributed by atoms with Crippen LogP contribution in [0.4, 0.5) is 4.79 Å². The summed E-state index contributed by atoms with van der Waals surface area (Å²) in [5.41, 5.74) is 0.224. The molecule has 0 fully saturated rings. The summed E-state index contributed by atoms with van der Waals surface area (Å²) in [5.74, 6) is -1.09. The van der Waals surface area contributed by atoms with Crippen LogP contribution >= 0.6 is 0 Å². The number of nitrogens with one attached hydrogen (secondary N) is 1. The SMILES string of the molecule is CC(C)(C)OC(=O)N[C@@H](CC1=CN=CC1)C(=O)O. The number of carbonyl (C=O) groups is 2. The van der Waals surface area contributed by atoms with Crippen molar-refractivity contribution in [2.24, 2.45) is 4.99 Å². The van der Waals surface area contributed by atoms with Crippen LogP contribution in [0.15, 0.2) is 16.8 Å². The molecule has 0 bridgehead atoms. The molecule has 0 spiro atoms. The molecule has 1 aliphatic heterocycles. The number of aliphatic carboxylic acids is 1. The van der Waals surface area contributed by atoms with Crippen molar-refractivity contribution in [3.63, 3.8) is 0 Å². The van der Waals surface area contributed by atoms with Gasteiger partial charge in [-0.2, -0.15) is 0 Å². The van der Waals surface area contributed by atoms with Crippen molar-refractivity contribution in [1.82, 2.24) is 5.32 Å². The van der Waals surface area contributed by atoms with E-state index >= 15 is 0 Å². The molecule has 0 saturated heterocycles. The fraction of sp³-hybridized carbons (Fsp3) is 0.583. The Kier molecular flexibility index (Phi) is 4.47. The second-order valence-corrected chi connectivity index (χ2v) is 5.06. The van der Waals surface area contributed by atoms with Crippen LogP contribution < -0.4 is 5.32 Å². The maximum atomic E-state index is 11.5. The summed E-state index contributed by atoms with van der Waals surface area (Å²) in [5, 5.41) is 11.4. The Labute approximate surface area is 106 Å². The van der Waals surface area contributed by atoms with Gasteiger partial charge in [-0.1, -0.05) is 0 Å². The van der Waals surface area contributed by atoms with Gasteiger partial charge in [-0.05, 0) is 26.3 Å². The Morgan fingerprint density at radius 3 is 2.67 bits per heavy atom. The van der Waals surface area contributed by atoms with E-state index < -0.39 is 23.7 Å². The van der Waals surface area contributed by atoms with Crippen LogP contribution in [0.25, 0.3) is 0 Å². The minimum Gasteiger partial charge on any atom is -0.480 e. The molecule has 0 unspecified atom stereocenters. The van der Waals surface area contributed by atoms with Crippen molar-refractivity contribution in [3.8, 4) is 0 Å². The summed E-state index contributed by atoms with van der Waals surface area (Å²) in [6, 6.07) is -0.993. The molecule has 100 valence electrons. The molecule has 1 rings (SSSR count). The number of carbonyl (C=O) groups excluding carboxylic acids is 1. The summed E-state index contributed by atoms with van der Waals surface area (Å²) in [6.07, 6.45) is 3.44. The zero-order valence-corrected chi connectivity index (χ0v) is 10.8. The number of rotatable bonds is 4. The molecule has 6 heteroatoms. The summed E-state index contributed by atoms with van der Waals surface area (Å²) in [4.78, 5) is 26.4. The third kappa shape index (κ3) is 4.99. The average molecular weight is 254 g/mol. The molecule has 0 aromatic carbocycles. The Hall–Kier alpha value is -1.85. The number of amides is 1. The molecule has 1 aliphatic rings. The van der Waals surface area contributed by atoms with Crippen molar-refractivity contribution in [2.75, 3.05) is 0 Å². The number of alkyl carbamates (subject to hydrolysis) is 1. The van der Waals surface area contributed by atoms with Crippen LogP contribution in [-0.4, -0.2) is 35.0 Å². The van der Waals surface area contributed by atoms with E-state index in [0.29, 0.717) is 6.42 Å². The second kappa shape index (κ2) is 5.66. The number of aliphatic imine (C=N–C) groups is 1. The van der Waals surface area contributed by atoms with Crippen LogP contribution in [0.1, 0.15) is 33.6 Å². The summed E-state index contributed by atoms with van der Waals surface area (Å²) in [6.45, 7) is 5.15. The molecule has 6 nitrogen and oxygen atoms in total. The lowest BCUT2D eigenvalue weighted by atomic mass is 10.1. The van der Waals surface area contributed by atoms with Gasteiger partial charge in [0.2, 0.25) is 0 Å². The highest BCUT2D eigenvalue weighted by Crippen LogP contribution is 2.14. The lowest BCUT2D eigenvalue weighted by Gasteiger charge is -2.22. The Bertz CT molecular complexity index is 393. The number of ether oxygens (including phenoxy) is 1. The zero-order valence-electron chi connectivity index (χ0n) is 10.8. The highest BCUT2D eigenvalue weighted by molar-refractivity contribution is 5.80. The van der Waals surface area contributed by atoms with E-state index in [2.05, 4.69) is 10.3 Å². The normalized spacial score (nSPS) is 16.1. The van der Waals surface area contributed by atoms with E-state index in [0.717, 1.165) is 5.57 Å². The van der Waals surface area contributed by atoms with Crippen molar-refractivity contribution in [3.05, 3.63) is 11.8 Å². The quantitative estimate of drug-likeness (QED) is 0.799. The molecule has 2 N–H and O–H groups in total. The van der Waals surface area contributed by atoms with Gasteiger partial charge in [-0.25, -0.2) is 9.59 Å². The maximum Gasteiger partial charge on any atom is 0.408 e. The van der Waals surface area contributed by atoms with Crippen molar-refractivity contribution >= 4 is 18.3 Å². The van der Waals surface area contributed by atoms with Gasteiger partial charge < -0.3 is 15.2 Å². The Morgan fingerprint density at radius 1 is 1.56 bits per heavy atom. The minimum absolute atomic E-state index is 0.231. The summed E-state index contributed by atoms with van der Waals surface area (Å²) >= 11 is 0. The Balaban J connectivity index is 2.53. The van der Waals surface area contributed by atoms with Crippen molar-refractivity contribution in [1.29, 1.82) is 0 Å². The molecule has 0 aromatic rings. The average Bonchev–Trinajstić information content (AvgIpc) is 2.66. The molecule has 1 amide bonds. The highest BCUT2D eigenvalue weighted by Gasteiger charge is 2.25. The molecule has 0 radical (unpaired) electrons. The predicted octanol–water partition coefficient (Wildman–Crippen LogP) is 1.71. The van der Waals surface area contributed by atoms with E-state index in [-0.39, 0.29) is 6.42 Å². The van der Waals surface area contributed by atoms with Gasteiger partial charge in [0.1, 0.15) is 11.6 Å².